The van der Waals surface area contributed by atoms with E-state index in [9.17, 15) is 9.59 Å². The maximum Gasteiger partial charge on any atom is 0.329 e. The lowest BCUT2D eigenvalue weighted by Crippen LogP contribution is -2.38. The van der Waals surface area contributed by atoms with E-state index in [-0.39, 0.29) is 24.2 Å². The summed E-state index contributed by atoms with van der Waals surface area (Å²) in [5.74, 6) is -0.111. The van der Waals surface area contributed by atoms with Gasteiger partial charge in [-0.2, -0.15) is 5.26 Å². The minimum atomic E-state index is -0.167. The van der Waals surface area contributed by atoms with Gasteiger partial charge in [0.15, 0.2) is 0 Å². The Hall–Kier alpha value is -3.33. The SMILES string of the molecule is CCN(C(=O)Cn1c(=O)n(CC)c2ccccc21)C(C)c1ccc(C#N)cc1. The summed E-state index contributed by atoms with van der Waals surface area (Å²) >= 11 is 0. The fourth-order valence-electron chi connectivity index (χ4n) is 3.64. The average Bonchev–Trinajstić information content (AvgIpc) is 2.99. The number of rotatable bonds is 6. The number of likely N-dealkylation sites (N-methyl/N-ethyl adjacent to an activating group) is 1. The summed E-state index contributed by atoms with van der Waals surface area (Å²) < 4.78 is 3.23. The minimum Gasteiger partial charge on any atom is -0.335 e. The van der Waals surface area contributed by atoms with Gasteiger partial charge in [-0.15, -0.1) is 0 Å². The molecule has 1 aromatic heterocycles. The first-order chi connectivity index (χ1) is 13.5. The van der Waals surface area contributed by atoms with Crippen molar-refractivity contribution in [2.75, 3.05) is 6.54 Å². The summed E-state index contributed by atoms with van der Waals surface area (Å²) in [6.45, 7) is 6.89. The van der Waals surface area contributed by atoms with Crippen molar-refractivity contribution < 1.29 is 4.79 Å². The molecule has 1 unspecified atom stereocenters. The molecule has 6 nitrogen and oxygen atoms in total. The van der Waals surface area contributed by atoms with Gasteiger partial charge in [0.05, 0.1) is 28.7 Å². The highest BCUT2D eigenvalue weighted by atomic mass is 16.2. The Labute approximate surface area is 164 Å². The van der Waals surface area contributed by atoms with Crippen molar-refractivity contribution in [1.82, 2.24) is 14.0 Å². The fourth-order valence-corrected chi connectivity index (χ4v) is 3.64. The Morgan fingerprint density at radius 2 is 1.68 bits per heavy atom. The van der Waals surface area contributed by atoms with Crippen molar-refractivity contribution in [3.8, 4) is 6.07 Å². The number of amides is 1. The van der Waals surface area contributed by atoms with E-state index in [4.69, 9.17) is 5.26 Å². The van der Waals surface area contributed by atoms with Crippen LogP contribution in [0.1, 0.15) is 37.9 Å². The van der Waals surface area contributed by atoms with Crippen LogP contribution in [-0.4, -0.2) is 26.5 Å². The number of benzene rings is 2. The summed E-state index contributed by atoms with van der Waals surface area (Å²) in [4.78, 5) is 27.6. The van der Waals surface area contributed by atoms with Gasteiger partial charge in [0, 0.05) is 13.1 Å². The molecule has 0 aliphatic carbocycles. The molecule has 28 heavy (non-hydrogen) atoms. The van der Waals surface area contributed by atoms with Crippen LogP contribution in [0.3, 0.4) is 0 Å². The highest BCUT2D eigenvalue weighted by Crippen LogP contribution is 2.21. The molecule has 0 bridgehead atoms. The number of hydrogen-bond acceptors (Lipinski definition) is 3. The van der Waals surface area contributed by atoms with E-state index in [2.05, 4.69) is 6.07 Å². The van der Waals surface area contributed by atoms with E-state index in [0.717, 1.165) is 16.6 Å². The molecule has 2 aromatic carbocycles. The summed E-state index contributed by atoms with van der Waals surface area (Å²) in [6, 6.07) is 16.7. The number of carbonyl (C=O) groups is 1. The third-order valence-electron chi connectivity index (χ3n) is 5.19. The summed E-state index contributed by atoms with van der Waals surface area (Å²) in [7, 11) is 0. The average molecular weight is 376 g/mol. The highest BCUT2D eigenvalue weighted by molar-refractivity contribution is 5.81. The number of aryl methyl sites for hydroxylation is 1. The third-order valence-corrected chi connectivity index (χ3v) is 5.19. The van der Waals surface area contributed by atoms with Gasteiger partial charge in [0.25, 0.3) is 0 Å². The maximum atomic E-state index is 13.1. The molecule has 0 spiro atoms. The van der Waals surface area contributed by atoms with Crippen LogP contribution in [0.5, 0.6) is 0 Å². The van der Waals surface area contributed by atoms with Gasteiger partial charge in [0.1, 0.15) is 6.54 Å². The van der Waals surface area contributed by atoms with Crippen molar-refractivity contribution in [2.45, 2.75) is 39.9 Å². The zero-order valence-corrected chi connectivity index (χ0v) is 16.4. The van der Waals surface area contributed by atoms with Gasteiger partial charge in [-0.1, -0.05) is 24.3 Å². The lowest BCUT2D eigenvalue weighted by molar-refractivity contribution is -0.133. The molecule has 1 heterocycles. The molecule has 0 aliphatic heterocycles. The largest absolute Gasteiger partial charge is 0.335 e. The Morgan fingerprint density at radius 3 is 2.21 bits per heavy atom. The van der Waals surface area contributed by atoms with Crippen LogP contribution in [0, 0.1) is 11.3 Å². The quantitative estimate of drug-likeness (QED) is 0.663. The smallest absolute Gasteiger partial charge is 0.329 e. The topological polar surface area (TPSA) is 71.0 Å². The number of para-hydroxylation sites is 2. The molecular weight excluding hydrogens is 352 g/mol. The van der Waals surface area contributed by atoms with Crippen LogP contribution in [0.2, 0.25) is 0 Å². The maximum absolute atomic E-state index is 13.1. The fraction of sp³-hybridized carbons (Fsp3) is 0.318. The molecule has 3 aromatic rings. The summed E-state index contributed by atoms with van der Waals surface area (Å²) in [5.41, 5.74) is 2.98. The predicted molar refractivity (Wildman–Crippen MR) is 109 cm³/mol. The molecule has 3 rings (SSSR count). The van der Waals surface area contributed by atoms with E-state index in [1.165, 1.54) is 0 Å². The highest BCUT2D eigenvalue weighted by Gasteiger charge is 2.22. The zero-order valence-electron chi connectivity index (χ0n) is 16.4. The second-order valence-electron chi connectivity index (χ2n) is 6.69. The van der Waals surface area contributed by atoms with Crippen LogP contribution < -0.4 is 5.69 Å². The molecule has 0 fully saturated rings. The van der Waals surface area contributed by atoms with Crippen molar-refractivity contribution in [1.29, 1.82) is 5.26 Å². The first-order valence-electron chi connectivity index (χ1n) is 9.49. The van der Waals surface area contributed by atoms with Crippen molar-refractivity contribution in [3.05, 3.63) is 70.1 Å². The Bertz CT molecular complexity index is 1090. The number of nitrogens with zero attached hydrogens (tertiary/aromatic N) is 4. The minimum absolute atomic E-state index is 0.000799. The van der Waals surface area contributed by atoms with Crippen LogP contribution in [-0.2, 0) is 17.9 Å². The van der Waals surface area contributed by atoms with E-state index < -0.39 is 0 Å². The molecule has 144 valence electrons. The van der Waals surface area contributed by atoms with Gasteiger partial charge in [-0.3, -0.25) is 13.9 Å². The number of nitriles is 1. The molecular formula is C22H24N4O2. The third kappa shape index (κ3) is 3.44. The number of fused-ring (bicyclic) bond motifs is 1. The second-order valence-corrected chi connectivity index (χ2v) is 6.69. The normalized spacial score (nSPS) is 11.9. The van der Waals surface area contributed by atoms with Crippen LogP contribution in [0.4, 0.5) is 0 Å². The van der Waals surface area contributed by atoms with Crippen LogP contribution >= 0.6 is 0 Å². The molecule has 0 saturated heterocycles. The first kappa shape index (κ1) is 19.4. The number of carbonyl (C=O) groups excluding carboxylic acids is 1. The molecule has 6 heteroatoms. The molecule has 0 saturated carbocycles. The van der Waals surface area contributed by atoms with Crippen molar-refractivity contribution >= 4 is 16.9 Å². The number of aromatic nitrogens is 2. The molecule has 1 atom stereocenters. The van der Waals surface area contributed by atoms with Crippen LogP contribution in [0.15, 0.2) is 53.3 Å². The summed E-state index contributed by atoms with van der Waals surface area (Å²) in [5, 5.41) is 8.96. The van der Waals surface area contributed by atoms with E-state index in [1.807, 2.05) is 57.2 Å². The lowest BCUT2D eigenvalue weighted by Gasteiger charge is -2.28. The Morgan fingerprint density at radius 1 is 1.07 bits per heavy atom. The zero-order chi connectivity index (χ0) is 20.3. The summed E-state index contributed by atoms with van der Waals surface area (Å²) in [6.07, 6.45) is 0. The Kier molecular flexibility index (Phi) is 5.65. The predicted octanol–water partition coefficient (Wildman–Crippen LogP) is 3.30. The van der Waals surface area contributed by atoms with Crippen molar-refractivity contribution in [3.63, 3.8) is 0 Å². The van der Waals surface area contributed by atoms with Gasteiger partial charge in [0.2, 0.25) is 5.91 Å². The number of hydrogen-bond donors (Lipinski definition) is 0. The molecule has 0 radical (unpaired) electrons. The van der Waals surface area contributed by atoms with Gasteiger partial charge in [-0.25, -0.2) is 4.79 Å². The molecule has 0 N–H and O–H groups in total. The molecule has 0 aliphatic rings. The van der Waals surface area contributed by atoms with E-state index in [1.54, 1.807) is 26.2 Å². The lowest BCUT2D eigenvalue weighted by atomic mass is 10.0. The first-order valence-corrected chi connectivity index (χ1v) is 9.49. The van der Waals surface area contributed by atoms with Crippen molar-refractivity contribution in [2.24, 2.45) is 0 Å². The van der Waals surface area contributed by atoms with E-state index in [0.29, 0.717) is 18.7 Å². The van der Waals surface area contributed by atoms with Gasteiger partial charge >= 0.3 is 5.69 Å². The second kappa shape index (κ2) is 8.13. The Balaban J connectivity index is 1.90. The van der Waals surface area contributed by atoms with Gasteiger partial charge < -0.3 is 4.90 Å². The van der Waals surface area contributed by atoms with E-state index >= 15 is 0 Å². The monoisotopic (exact) mass is 376 g/mol. The van der Waals surface area contributed by atoms with Crippen LogP contribution in [0.25, 0.3) is 11.0 Å². The standard InChI is InChI=1S/C22H24N4O2/c1-4-24(16(3)18-12-10-17(14-23)11-13-18)21(27)15-26-20-9-7-6-8-19(20)25(5-2)22(26)28/h6-13,16H,4-5,15H2,1-3H3. The van der Waals surface area contributed by atoms with Gasteiger partial charge in [-0.05, 0) is 50.6 Å². The molecule has 1 amide bonds. The number of imidazole rings is 1.